The molecule has 21 heavy (non-hydrogen) atoms. The van der Waals surface area contributed by atoms with Crippen molar-refractivity contribution in [2.75, 3.05) is 4.72 Å². The molecule has 0 aliphatic rings. The number of aryl methyl sites for hydroxylation is 1. The standard InChI is InChI=1S/C15H14N2O3S/c1-10-11(2)16-20-15(10)17-21(18,19)14-9-5-7-12-6-3-4-8-13(12)14/h3-9,17H,1-2H3. The van der Waals surface area contributed by atoms with Crippen molar-refractivity contribution in [3.05, 3.63) is 53.7 Å². The van der Waals surface area contributed by atoms with E-state index in [4.69, 9.17) is 4.52 Å². The van der Waals surface area contributed by atoms with E-state index in [1.807, 2.05) is 24.3 Å². The predicted octanol–water partition coefficient (Wildman–Crippen LogP) is 3.25. The number of hydrogen-bond donors (Lipinski definition) is 1. The van der Waals surface area contributed by atoms with E-state index in [0.717, 1.165) is 5.39 Å². The summed E-state index contributed by atoms with van der Waals surface area (Å²) in [6, 6.07) is 12.5. The lowest BCUT2D eigenvalue weighted by atomic mass is 10.1. The van der Waals surface area contributed by atoms with E-state index in [-0.39, 0.29) is 10.8 Å². The van der Waals surface area contributed by atoms with Crippen LogP contribution in [-0.2, 0) is 10.0 Å². The molecule has 0 amide bonds. The Hall–Kier alpha value is -2.34. The third-order valence-electron chi connectivity index (χ3n) is 3.42. The summed E-state index contributed by atoms with van der Waals surface area (Å²) in [4.78, 5) is 0.217. The van der Waals surface area contributed by atoms with Crippen molar-refractivity contribution in [2.45, 2.75) is 18.7 Å². The molecule has 0 saturated carbocycles. The first-order valence-corrected chi connectivity index (χ1v) is 7.91. The van der Waals surface area contributed by atoms with Crippen LogP contribution in [0.25, 0.3) is 10.8 Å². The molecule has 5 nitrogen and oxygen atoms in total. The molecule has 0 unspecified atom stereocenters. The van der Waals surface area contributed by atoms with Crippen molar-refractivity contribution >= 4 is 26.7 Å². The lowest BCUT2D eigenvalue weighted by Gasteiger charge is -2.08. The van der Waals surface area contributed by atoms with Crippen LogP contribution in [0.4, 0.5) is 5.88 Å². The summed E-state index contributed by atoms with van der Waals surface area (Å²) in [5.74, 6) is 0.153. The highest BCUT2D eigenvalue weighted by Gasteiger charge is 2.21. The highest BCUT2D eigenvalue weighted by Crippen LogP contribution is 2.26. The van der Waals surface area contributed by atoms with Crippen LogP contribution in [0.2, 0.25) is 0 Å². The first-order chi connectivity index (χ1) is 9.99. The Morgan fingerprint density at radius 3 is 2.48 bits per heavy atom. The second-order valence-corrected chi connectivity index (χ2v) is 6.46. The van der Waals surface area contributed by atoms with Crippen molar-refractivity contribution in [2.24, 2.45) is 0 Å². The lowest BCUT2D eigenvalue weighted by Crippen LogP contribution is -2.13. The maximum atomic E-state index is 12.6. The van der Waals surface area contributed by atoms with Crippen LogP contribution in [0, 0.1) is 13.8 Å². The number of hydrogen-bond acceptors (Lipinski definition) is 4. The Bertz CT molecular complexity index is 908. The van der Waals surface area contributed by atoms with Gasteiger partial charge in [0.2, 0.25) is 5.88 Å². The number of aromatic nitrogens is 1. The molecule has 0 radical (unpaired) electrons. The zero-order chi connectivity index (χ0) is 15.0. The van der Waals surface area contributed by atoms with Gasteiger partial charge in [0, 0.05) is 10.9 Å². The van der Waals surface area contributed by atoms with E-state index in [0.29, 0.717) is 16.6 Å². The molecule has 3 aromatic rings. The molecule has 108 valence electrons. The van der Waals surface area contributed by atoms with Crippen molar-refractivity contribution < 1.29 is 12.9 Å². The third kappa shape index (κ3) is 2.38. The third-order valence-corrected chi connectivity index (χ3v) is 4.81. The second-order valence-electron chi connectivity index (χ2n) is 4.80. The normalized spacial score (nSPS) is 11.7. The van der Waals surface area contributed by atoms with E-state index < -0.39 is 10.0 Å². The van der Waals surface area contributed by atoms with E-state index in [2.05, 4.69) is 9.88 Å². The second kappa shape index (κ2) is 4.89. The number of fused-ring (bicyclic) bond motifs is 1. The molecule has 0 aliphatic heterocycles. The highest BCUT2D eigenvalue weighted by molar-refractivity contribution is 7.93. The fourth-order valence-corrected chi connectivity index (χ4v) is 3.40. The minimum Gasteiger partial charge on any atom is -0.337 e. The van der Waals surface area contributed by atoms with Gasteiger partial charge in [0.1, 0.15) is 0 Å². The van der Waals surface area contributed by atoms with Crippen molar-refractivity contribution in [3.8, 4) is 0 Å². The molecule has 0 aliphatic carbocycles. The van der Waals surface area contributed by atoms with Crippen molar-refractivity contribution in [3.63, 3.8) is 0 Å². The van der Waals surface area contributed by atoms with Gasteiger partial charge in [-0.2, -0.15) is 0 Å². The van der Waals surface area contributed by atoms with Gasteiger partial charge in [0.05, 0.1) is 10.6 Å². The van der Waals surface area contributed by atoms with E-state index in [1.54, 1.807) is 32.0 Å². The molecular formula is C15H14N2O3S. The van der Waals surface area contributed by atoms with Crippen LogP contribution in [0.3, 0.4) is 0 Å². The van der Waals surface area contributed by atoms with Gasteiger partial charge < -0.3 is 4.52 Å². The summed E-state index contributed by atoms with van der Waals surface area (Å²) in [7, 11) is -3.73. The summed E-state index contributed by atoms with van der Waals surface area (Å²) in [5, 5.41) is 5.29. The Morgan fingerprint density at radius 2 is 1.76 bits per heavy atom. The van der Waals surface area contributed by atoms with E-state index in [9.17, 15) is 8.42 Å². The summed E-state index contributed by atoms with van der Waals surface area (Å²) in [6.45, 7) is 3.52. The number of benzene rings is 2. The molecule has 0 spiro atoms. The number of sulfonamides is 1. The Labute approximate surface area is 122 Å². The average molecular weight is 302 g/mol. The Balaban J connectivity index is 2.11. The molecule has 1 heterocycles. The fourth-order valence-electron chi connectivity index (χ4n) is 2.12. The molecule has 0 saturated heterocycles. The van der Waals surface area contributed by atoms with Gasteiger partial charge in [-0.05, 0) is 25.3 Å². The molecule has 0 fully saturated rings. The van der Waals surface area contributed by atoms with Gasteiger partial charge >= 0.3 is 0 Å². The SMILES string of the molecule is Cc1noc(NS(=O)(=O)c2cccc3ccccc23)c1C. The van der Waals surface area contributed by atoms with Gasteiger partial charge in [-0.25, -0.2) is 13.1 Å². The largest absolute Gasteiger partial charge is 0.337 e. The highest BCUT2D eigenvalue weighted by atomic mass is 32.2. The molecule has 2 aromatic carbocycles. The number of nitrogens with one attached hydrogen (secondary N) is 1. The maximum Gasteiger partial charge on any atom is 0.264 e. The van der Waals surface area contributed by atoms with Crippen LogP contribution in [0.5, 0.6) is 0 Å². The summed E-state index contributed by atoms with van der Waals surface area (Å²) >= 11 is 0. The lowest BCUT2D eigenvalue weighted by molar-refractivity contribution is 0.430. The van der Waals surface area contributed by atoms with Crippen LogP contribution in [0.1, 0.15) is 11.3 Å². The molecule has 1 N–H and O–H groups in total. The Morgan fingerprint density at radius 1 is 1.05 bits per heavy atom. The summed E-state index contributed by atoms with van der Waals surface area (Å²) < 4.78 is 32.6. The zero-order valence-electron chi connectivity index (χ0n) is 11.6. The first-order valence-electron chi connectivity index (χ1n) is 6.42. The fraction of sp³-hybridized carbons (Fsp3) is 0.133. The molecule has 0 bridgehead atoms. The van der Waals surface area contributed by atoms with Gasteiger partial charge in [0.15, 0.2) is 0 Å². The van der Waals surface area contributed by atoms with Crippen LogP contribution in [-0.4, -0.2) is 13.6 Å². The molecule has 1 aromatic heterocycles. The predicted molar refractivity (Wildman–Crippen MR) is 80.7 cm³/mol. The Kier molecular flexibility index (Phi) is 3.17. The minimum absolute atomic E-state index is 0.153. The number of nitrogens with zero attached hydrogens (tertiary/aromatic N) is 1. The van der Waals surface area contributed by atoms with Gasteiger partial charge in [-0.3, -0.25) is 0 Å². The number of rotatable bonds is 3. The van der Waals surface area contributed by atoms with E-state index >= 15 is 0 Å². The van der Waals surface area contributed by atoms with Crippen LogP contribution in [0.15, 0.2) is 51.9 Å². The topological polar surface area (TPSA) is 72.2 Å². The van der Waals surface area contributed by atoms with Crippen molar-refractivity contribution in [1.82, 2.24) is 5.16 Å². The number of anilines is 1. The molecule has 3 rings (SSSR count). The molecular weight excluding hydrogens is 288 g/mol. The molecule has 6 heteroatoms. The van der Waals surface area contributed by atoms with Gasteiger partial charge in [0.25, 0.3) is 10.0 Å². The first kappa shape index (κ1) is 13.6. The van der Waals surface area contributed by atoms with E-state index in [1.165, 1.54) is 0 Å². The average Bonchev–Trinajstić information content (AvgIpc) is 2.78. The van der Waals surface area contributed by atoms with Gasteiger partial charge in [-0.15, -0.1) is 0 Å². The van der Waals surface area contributed by atoms with Crippen LogP contribution >= 0.6 is 0 Å². The van der Waals surface area contributed by atoms with Crippen molar-refractivity contribution in [1.29, 1.82) is 0 Å². The monoisotopic (exact) mass is 302 g/mol. The van der Waals surface area contributed by atoms with Gasteiger partial charge in [-0.1, -0.05) is 41.6 Å². The zero-order valence-corrected chi connectivity index (χ0v) is 12.4. The quantitative estimate of drug-likeness (QED) is 0.806. The molecule has 0 atom stereocenters. The summed E-state index contributed by atoms with van der Waals surface area (Å²) in [5.41, 5.74) is 1.34. The summed E-state index contributed by atoms with van der Waals surface area (Å²) in [6.07, 6.45) is 0. The smallest absolute Gasteiger partial charge is 0.264 e. The maximum absolute atomic E-state index is 12.6. The minimum atomic E-state index is -3.73. The van der Waals surface area contributed by atoms with Crippen LogP contribution < -0.4 is 4.72 Å².